The third kappa shape index (κ3) is 5.73. The number of pyridine rings is 1. The highest BCUT2D eigenvalue weighted by Gasteiger charge is 2.26. The molecule has 0 aliphatic carbocycles. The van der Waals surface area contributed by atoms with Crippen molar-refractivity contribution in [2.45, 2.75) is 45.1 Å². The Labute approximate surface area is 210 Å². The van der Waals surface area contributed by atoms with E-state index in [4.69, 9.17) is 0 Å². The number of benzene rings is 1. The minimum absolute atomic E-state index is 0.0919. The lowest BCUT2D eigenvalue weighted by molar-refractivity contribution is -0.121. The van der Waals surface area contributed by atoms with Gasteiger partial charge in [0.05, 0.1) is 18.4 Å². The number of piperidine rings is 2. The average molecular weight is 497 g/mol. The zero-order valence-corrected chi connectivity index (χ0v) is 20.8. The molecule has 9 heteroatoms. The van der Waals surface area contributed by atoms with Crippen LogP contribution in [0.4, 0.5) is 14.6 Å². The first-order valence-corrected chi connectivity index (χ1v) is 12.9. The van der Waals surface area contributed by atoms with Crippen LogP contribution in [0, 0.1) is 5.92 Å². The van der Waals surface area contributed by atoms with Crippen molar-refractivity contribution in [2.24, 2.45) is 13.0 Å². The molecule has 1 N–H and O–H groups in total. The van der Waals surface area contributed by atoms with Crippen molar-refractivity contribution in [1.82, 2.24) is 24.6 Å². The van der Waals surface area contributed by atoms with Crippen molar-refractivity contribution in [3.05, 3.63) is 42.4 Å². The summed E-state index contributed by atoms with van der Waals surface area (Å²) in [5.41, 5.74) is 3.43. The van der Waals surface area contributed by atoms with Gasteiger partial charge in [0.25, 0.3) is 6.43 Å². The molecule has 2 fully saturated rings. The number of nitrogens with one attached hydrogen (secondary N) is 1. The summed E-state index contributed by atoms with van der Waals surface area (Å²) in [6, 6.07) is 8.20. The number of hydrogen-bond donors (Lipinski definition) is 1. The minimum atomic E-state index is -2.34. The topological polar surface area (TPSA) is 66.3 Å². The van der Waals surface area contributed by atoms with E-state index in [1.807, 2.05) is 24.0 Å². The van der Waals surface area contributed by atoms with Crippen LogP contribution in [0.1, 0.15) is 37.8 Å². The Morgan fingerprint density at radius 1 is 1.03 bits per heavy atom. The van der Waals surface area contributed by atoms with Crippen LogP contribution in [0.25, 0.3) is 21.9 Å². The van der Waals surface area contributed by atoms with Crippen LogP contribution in [0.2, 0.25) is 0 Å². The second-order valence-corrected chi connectivity index (χ2v) is 10.1. The predicted molar refractivity (Wildman–Crippen MR) is 137 cm³/mol. The molecule has 4 heterocycles. The number of fused-ring (bicyclic) bond motifs is 1. The van der Waals surface area contributed by atoms with Gasteiger partial charge in [-0.2, -0.15) is 5.10 Å². The Balaban J connectivity index is 1.30. The average Bonchev–Trinajstić information content (AvgIpc) is 3.24. The van der Waals surface area contributed by atoms with Gasteiger partial charge >= 0.3 is 0 Å². The van der Waals surface area contributed by atoms with Crippen molar-refractivity contribution in [1.29, 1.82) is 0 Å². The number of hydrogen-bond acceptors (Lipinski definition) is 5. The number of amides is 1. The van der Waals surface area contributed by atoms with Crippen LogP contribution in [0.5, 0.6) is 0 Å². The Hall–Kier alpha value is -2.91. The van der Waals surface area contributed by atoms with Crippen LogP contribution in [0.3, 0.4) is 0 Å². The standard InChI is InChI=1S/C27H34F2N6O/c1-33-24(17-34-9-3-2-4-10-34)23(16-31-33)20-5-6-21-15-30-26(14-22(21)13-20)32-27(36)19-7-11-35(12-8-19)18-25(28)29/h5-6,13-16,19,25H,2-4,7-12,17-18H2,1H3,(H,30,32,36). The maximum absolute atomic E-state index is 12.8. The number of alkyl halides is 2. The molecule has 1 aromatic carbocycles. The van der Waals surface area contributed by atoms with Gasteiger partial charge in [0.2, 0.25) is 5.91 Å². The molecular formula is C27H34F2N6O. The fourth-order valence-electron chi connectivity index (χ4n) is 5.40. The first kappa shape index (κ1) is 24.8. The molecule has 0 saturated carbocycles. The van der Waals surface area contributed by atoms with E-state index < -0.39 is 6.43 Å². The lowest BCUT2D eigenvalue weighted by Gasteiger charge is -2.30. The highest BCUT2D eigenvalue weighted by molar-refractivity contribution is 5.95. The first-order valence-electron chi connectivity index (χ1n) is 12.9. The summed E-state index contributed by atoms with van der Waals surface area (Å²) in [7, 11) is 2.00. The monoisotopic (exact) mass is 496 g/mol. The number of likely N-dealkylation sites (tertiary alicyclic amines) is 2. The van der Waals surface area contributed by atoms with Gasteiger partial charge in [-0.3, -0.25) is 19.3 Å². The summed E-state index contributed by atoms with van der Waals surface area (Å²) in [4.78, 5) is 21.5. The van der Waals surface area contributed by atoms with E-state index in [2.05, 4.69) is 38.5 Å². The molecule has 5 rings (SSSR count). The molecule has 2 aromatic heterocycles. The third-order valence-corrected chi connectivity index (χ3v) is 7.52. The summed E-state index contributed by atoms with van der Waals surface area (Å²) in [5, 5.41) is 9.49. The van der Waals surface area contributed by atoms with E-state index in [1.165, 1.54) is 25.0 Å². The van der Waals surface area contributed by atoms with Gasteiger partial charge in [-0.25, -0.2) is 13.8 Å². The fraction of sp³-hybridized carbons (Fsp3) is 0.519. The Kier molecular flexibility index (Phi) is 7.57. The Bertz CT molecular complexity index is 1200. The molecule has 0 atom stereocenters. The molecule has 0 radical (unpaired) electrons. The van der Waals surface area contributed by atoms with Crippen LogP contribution < -0.4 is 5.32 Å². The molecule has 3 aromatic rings. The van der Waals surface area contributed by atoms with Crippen LogP contribution in [-0.2, 0) is 18.4 Å². The minimum Gasteiger partial charge on any atom is -0.310 e. The molecule has 1 amide bonds. The lowest BCUT2D eigenvalue weighted by Crippen LogP contribution is -2.40. The second kappa shape index (κ2) is 11.0. The Morgan fingerprint density at radius 2 is 1.81 bits per heavy atom. The summed E-state index contributed by atoms with van der Waals surface area (Å²) < 4.78 is 27.2. The van der Waals surface area contributed by atoms with Gasteiger partial charge in [0.15, 0.2) is 0 Å². The highest BCUT2D eigenvalue weighted by Crippen LogP contribution is 2.29. The number of nitrogens with zero attached hydrogens (tertiary/aromatic N) is 5. The summed E-state index contributed by atoms with van der Waals surface area (Å²) in [5.74, 6) is 0.237. The molecule has 36 heavy (non-hydrogen) atoms. The summed E-state index contributed by atoms with van der Waals surface area (Å²) in [6.07, 6.45) is 6.34. The molecule has 2 saturated heterocycles. The van der Waals surface area contributed by atoms with Gasteiger partial charge in [0.1, 0.15) is 5.82 Å². The van der Waals surface area contributed by atoms with E-state index >= 15 is 0 Å². The fourth-order valence-corrected chi connectivity index (χ4v) is 5.40. The van der Waals surface area contributed by atoms with Gasteiger partial charge in [0, 0.05) is 36.7 Å². The number of anilines is 1. The number of aromatic nitrogens is 3. The maximum atomic E-state index is 12.8. The number of carbonyl (C=O) groups is 1. The van der Waals surface area contributed by atoms with Crippen LogP contribution in [0.15, 0.2) is 36.7 Å². The van der Waals surface area contributed by atoms with E-state index in [9.17, 15) is 13.6 Å². The zero-order chi connectivity index (χ0) is 25.1. The zero-order valence-electron chi connectivity index (χ0n) is 20.8. The molecule has 0 bridgehead atoms. The Morgan fingerprint density at radius 3 is 2.56 bits per heavy atom. The largest absolute Gasteiger partial charge is 0.310 e. The molecule has 2 aliphatic rings. The SMILES string of the molecule is Cn1ncc(-c2ccc3cnc(NC(=O)C4CCN(CC(F)F)CC4)cc3c2)c1CN1CCCCC1. The predicted octanol–water partition coefficient (Wildman–Crippen LogP) is 4.54. The van der Waals surface area contributed by atoms with E-state index in [0.29, 0.717) is 31.7 Å². The third-order valence-electron chi connectivity index (χ3n) is 7.52. The maximum Gasteiger partial charge on any atom is 0.251 e. The normalized spacial score (nSPS) is 18.2. The molecule has 0 spiro atoms. The number of aryl methyl sites for hydroxylation is 1. The number of carbonyl (C=O) groups excluding carboxylic acids is 1. The summed E-state index contributed by atoms with van der Waals surface area (Å²) >= 11 is 0. The molecule has 192 valence electrons. The van der Waals surface area contributed by atoms with Crippen molar-refractivity contribution < 1.29 is 13.6 Å². The van der Waals surface area contributed by atoms with E-state index in [1.54, 1.807) is 11.1 Å². The van der Waals surface area contributed by atoms with Gasteiger partial charge in [-0.1, -0.05) is 18.6 Å². The second-order valence-electron chi connectivity index (χ2n) is 10.1. The van der Waals surface area contributed by atoms with E-state index in [-0.39, 0.29) is 18.4 Å². The van der Waals surface area contributed by atoms with Gasteiger partial charge < -0.3 is 5.32 Å². The van der Waals surface area contributed by atoms with Crippen molar-refractivity contribution >= 4 is 22.5 Å². The quantitative estimate of drug-likeness (QED) is 0.520. The van der Waals surface area contributed by atoms with Crippen molar-refractivity contribution in [3.63, 3.8) is 0 Å². The smallest absolute Gasteiger partial charge is 0.251 e. The van der Waals surface area contributed by atoms with E-state index in [0.717, 1.165) is 41.5 Å². The van der Waals surface area contributed by atoms with Gasteiger partial charge in [-0.15, -0.1) is 0 Å². The lowest BCUT2D eigenvalue weighted by atomic mass is 9.96. The van der Waals surface area contributed by atoms with Gasteiger partial charge in [-0.05, 0) is 74.9 Å². The number of halogens is 2. The molecule has 0 unspecified atom stereocenters. The van der Waals surface area contributed by atoms with Crippen molar-refractivity contribution in [3.8, 4) is 11.1 Å². The molecule has 2 aliphatic heterocycles. The van der Waals surface area contributed by atoms with Crippen LogP contribution >= 0.6 is 0 Å². The van der Waals surface area contributed by atoms with Crippen molar-refractivity contribution in [2.75, 3.05) is 38.0 Å². The first-order chi connectivity index (χ1) is 17.5. The molecule has 7 nitrogen and oxygen atoms in total. The molecular weight excluding hydrogens is 462 g/mol. The highest BCUT2D eigenvalue weighted by atomic mass is 19.3. The summed E-state index contributed by atoms with van der Waals surface area (Å²) in [6.45, 7) is 3.95. The number of rotatable bonds is 7. The van der Waals surface area contributed by atoms with Crippen LogP contribution in [-0.4, -0.2) is 69.6 Å².